The smallest absolute Gasteiger partial charge is 0.0355 e. The molecule has 0 atom stereocenters. The third-order valence-electron chi connectivity index (χ3n) is 4.53. The Morgan fingerprint density at radius 2 is 0.864 bits per heavy atom. The van der Waals surface area contributed by atoms with Gasteiger partial charge < -0.3 is 0 Å². The van der Waals surface area contributed by atoms with Crippen LogP contribution in [-0.2, 0) is 0 Å². The molecule has 2 heteroatoms. The van der Waals surface area contributed by atoms with E-state index in [1.807, 2.05) is 0 Å². The van der Waals surface area contributed by atoms with Crippen LogP contribution in [0.4, 0.5) is 0 Å². The number of benzene rings is 4. The van der Waals surface area contributed by atoms with Crippen molar-refractivity contribution in [3.05, 3.63) is 68.6 Å². The predicted molar refractivity (Wildman–Crippen MR) is 104 cm³/mol. The van der Waals surface area contributed by atoms with Gasteiger partial charge in [-0.25, -0.2) is 0 Å². The zero-order valence-electron chi connectivity index (χ0n) is 12.4. The highest BCUT2D eigenvalue weighted by Crippen LogP contribution is 2.44. The lowest BCUT2D eigenvalue weighted by molar-refractivity contribution is 1.40. The van der Waals surface area contributed by atoms with Crippen molar-refractivity contribution in [1.82, 2.24) is 0 Å². The van der Waals surface area contributed by atoms with Crippen molar-refractivity contribution in [2.24, 2.45) is 0 Å². The Hall–Kier alpha value is -1.38. The van der Waals surface area contributed by atoms with Crippen LogP contribution in [0.3, 0.4) is 0 Å². The first-order valence-corrected chi connectivity index (χ1v) is 8.87. The van der Waals surface area contributed by atoms with Gasteiger partial charge in [0.05, 0.1) is 0 Å². The molecule has 0 unspecified atom stereocenters. The predicted octanol–water partition coefficient (Wildman–Crippen LogP) is 7.29. The molecule has 0 amide bonds. The highest BCUT2D eigenvalue weighted by Gasteiger charge is 2.16. The SMILES string of the molecule is Cc1c(Br)c(Br)c(C)c2c3ccccc3c3ccccc3c12. The molecule has 0 N–H and O–H groups in total. The number of fused-ring (bicyclic) bond motifs is 6. The van der Waals surface area contributed by atoms with E-state index in [2.05, 4.69) is 94.2 Å². The minimum atomic E-state index is 1.15. The Morgan fingerprint density at radius 3 is 1.23 bits per heavy atom. The van der Waals surface area contributed by atoms with Gasteiger partial charge in [-0.2, -0.15) is 0 Å². The van der Waals surface area contributed by atoms with Gasteiger partial charge in [0.1, 0.15) is 0 Å². The summed E-state index contributed by atoms with van der Waals surface area (Å²) in [5.41, 5.74) is 2.57. The molecule has 0 fully saturated rings. The molecule has 0 aliphatic carbocycles. The molecule has 22 heavy (non-hydrogen) atoms. The van der Waals surface area contributed by atoms with Gasteiger partial charge in [0, 0.05) is 8.95 Å². The summed E-state index contributed by atoms with van der Waals surface area (Å²) >= 11 is 7.51. The Labute approximate surface area is 146 Å². The van der Waals surface area contributed by atoms with Crippen LogP contribution in [0.2, 0.25) is 0 Å². The van der Waals surface area contributed by atoms with Crippen molar-refractivity contribution >= 4 is 64.2 Å². The van der Waals surface area contributed by atoms with E-state index in [0.717, 1.165) is 8.95 Å². The lowest BCUT2D eigenvalue weighted by atomic mass is 9.90. The summed E-state index contributed by atoms with van der Waals surface area (Å²) in [5.74, 6) is 0. The molecule has 0 saturated heterocycles. The fourth-order valence-electron chi connectivity index (χ4n) is 3.47. The molecule has 0 nitrogen and oxygen atoms in total. The Bertz CT molecular complexity index is 976. The molecular formula is C20H14Br2. The van der Waals surface area contributed by atoms with Gasteiger partial charge in [-0.05, 0) is 89.2 Å². The van der Waals surface area contributed by atoms with E-state index < -0.39 is 0 Å². The molecule has 0 aliphatic heterocycles. The number of aryl methyl sites for hydroxylation is 2. The average Bonchev–Trinajstić information content (AvgIpc) is 2.57. The van der Waals surface area contributed by atoms with Crippen molar-refractivity contribution in [3.63, 3.8) is 0 Å². The van der Waals surface area contributed by atoms with Crippen LogP contribution in [0.5, 0.6) is 0 Å². The van der Waals surface area contributed by atoms with E-state index in [4.69, 9.17) is 0 Å². The van der Waals surface area contributed by atoms with Crippen molar-refractivity contribution < 1.29 is 0 Å². The highest BCUT2D eigenvalue weighted by atomic mass is 79.9. The quantitative estimate of drug-likeness (QED) is 0.265. The standard InChI is InChI=1S/C20H14Br2/c1-11-17-15-9-5-3-7-13(15)14-8-4-6-10-16(14)18(17)12(2)20(22)19(11)21/h3-10H,1-2H3. The maximum atomic E-state index is 3.75. The summed E-state index contributed by atoms with van der Waals surface area (Å²) in [7, 11) is 0. The van der Waals surface area contributed by atoms with Crippen LogP contribution >= 0.6 is 31.9 Å². The molecule has 4 aromatic carbocycles. The van der Waals surface area contributed by atoms with Crippen LogP contribution in [-0.4, -0.2) is 0 Å². The van der Waals surface area contributed by atoms with E-state index in [1.54, 1.807) is 0 Å². The lowest BCUT2D eigenvalue weighted by Gasteiger charge is -2.17. The molecule has 0 bridgehead atoms. The van der Waals surface area contributed by atoms with E-state index in [1.165, 1.54) is 43.4 Å². The van der Waals surface area contributed by atoms with E-state index in [-0.39, 0.29) is 0 Å². The second kappa shape index (κ2) is 5.07. The Balaban J connectivity index is 2.50. The lowest BCUT2D eigenvalue weighted by Crippen LogP contribution is -1.92. The number of rotatable bonds is 0. The molecule has 0 radical (unpaired) electrons. The van der Waals surface area contributed by atoms with Gasteiger partial charge in [0.15, 0.2) is 0 Å². The van der Waals surface area contributed by atoms with Crippen molar-refractivity contribution in [2.45, 2.75) is 13.8 Å². The van der Waals surface area contributed by atoms with Gasteiger partial charge in [-0.3, -0.25) is 0 Å². The Morgan fingerprint density at radius 1 is 0.545 bits per heavy atom. The summed E-state index contributed by atoms with van der Waals surface area (Å²) in [6, 6.07) is 17.4. The fraction of sp³-hybridized carbons (Fsp3) is 0.100. The van der Waals surface area contributed by atoms with Gasteiger partial charge >= 0.3 is 0 Å². The summed E-state index contributed by atoms with van der Waals surface area (Å²) in [4.78, 5) is 0. The summed E-state index contributed by atoms with van der Waals surface area (Å²) in [5, 5.41) is 7.99. The van der Waals surface area contributed by atoms with Crippen LogP contribution in [0.25, 0.3) is 32.3 Å². The Kier molecular flexibility index (Phi) is 3.28. The maximum absolute atomic E-state index is 3.75. The number of halogens is 2. The fourth-order valence-corrected chi connectivity index (χ4v) is 4.46. The van der Waals surface area contributed by atoms with Crippen molar-refractivity contribution in [3.8, 4) is 0 Å². The van der Waals surface area contributed by atoms with E-state index >= 15 is 0 Å². The molecule has 4 rings (SSSR count). The third kappa shape index (κ3) is 1.80. The first-order chi connectivity index (χ1) is 10.6. The molecule has 108 valence electrons. The topological polar surface area (TPSA) is 0 Å². The second-order valence-electron chi connectivity index (χ2n) is 5.72. The summed E-state index contributed by atoms with van der Waals surface area (Å²) < 4.78 is 2.30. The molecule has 0 aliphatic rings. The zero-order chi connectivity index (χ0) is 15.4. The number of hydrogen-bond acceptors (Lipinski definition) is 0. The minimum absolute atomic E-state index is 1.15. The maximum Gasteiger partial charge on any atom is 0.0355 e. The van der Waals surface area contributed by atoms with Crippen LogP contribution in [0, 0.1) is 13.8 Å². The highest BCUT2D eigenvalue weighted by molar-refractivity contribution is 9.13. The molecule has 0 aromatic heterocycles. The van der Waals surface area contributed by atoms with Gasteiger partial charge in [0.25, 0.3) is 0 Å². The van der Waals surface area contributed by atoms with Crippen LogP contribution < -0.4 is 0 Å². The van der Waals surface area contributed by atoms with E-state index in [9.17, 15) is 0 Å². The van der Waals surface area contributed by atoms with Crippen molar-refractivity contribution in [2.75, 3.05) is 0 Å². The first kappa shape index (κ1) is 14.2. The van der Waals surface area contributed by atoms with Gasteiger partial charge in [-0.1, -0.05) is 48.5 Å². The van der Waals surface area contributed by atoms with Crippen LogP contribution in [0.15, 0.2) is 57.5 Å². The number of hydrogen-bond donors (Lipinski definition) is 0. The van der Waals surface area contributed by atoms with Crippen LogP contribution in [0.1, 0.15) is 11.1 Å². The molecular weight excluding hydrogens is 400 g/mol. The molecule has 0 heterocycles. The second-order valence-corrected chi connectivity index (χ2v) is 7.31. The van der Waals surface area contributed by atoms with Crippen molar-refractivity contribution in [1.29, 1.82) is 0 Å². The van der Waals surface area contributed by atoms with Gasteiger partial charge in [-0.15, -0.1) is 0 Å². The van der Waals surface area contributed by atoms with Gasteiger partial charge in [0.2, 0.25) is 0 Å². The largest absolute Gasteiger partial charge is 0.0616 e. The molecule has 0 spiro atoms. The zero-order valence-corrected chi connectivity index (χ0v) is 15.5. The minimum Gasteiger partial charge on any atom is -0.0616 e. The van der Waals surface area contributed by atoms with E-state index in [0.29, 0.717) is 0 Å². The molecule has 0 saturated carbocycles. The normalized spacial score (nSPS) is 11.6. The molecule has 4 aromatic rings. The first-order valence-electron chi connectivity index (χ1n) is 7.28. The summed E-state index contributed by atoms with van der Waals surface area (Å²) in [6.07, 6.45) is 0. The average molecular weight is 414 g/mol. The third-order valence-corrected chi connectivity index (χ3v) is 7.05. The monoisotopic (exact) mass is 412 g/mol. The summed E-state index contributed by atoms with van der Waals surface area (Å²) in [6.45, 7) is 4.38.